The van der Waals surface area contributed by atoms with Crippen LogP contribution in [0.15, 0.2) is 47.4 Å². The lowest BCUT2D eigenvalue weighted by Crippen LogP contribution is -2.41. The number of phenolic OH excluding ortho intramolecular Hbond substituents is 1. The van der Waals surface area contributed by atoms with E-state index in [9.17, 15) is 27.1 Å². The lowest BCUT2D eigenvalue weighted by atomic mass is 10.2. The van der Waals surface area contributed by atoms with Crippen molar-refractivity contribution in [2.45, 2.75) is 4.90 Å². The zero-order valence-corrected chi connectivity index (χ0v) is 11.7. The van der Waals surface area contributed by atoms with E-state index in [-0.39, 0.29) is 11.3 Å². The molecule has 2 aromatic rings. The second kappa shape index (κ2) is 6.08. The van der Waals surface area contributed by atoms with Gasteiger partial charge in [-0.05, 0) is 24.3 Å². The second-order valence-electron chi connectivity index (χ2n) is 4.15. The minimum absolute atomic E-state index is 0.176. The zero-order chi connectivity index (χ0) is 16.3. The Kier molecular flexibility index (Phi) is 4.38. The molecule has 116 valence electrons. The number of carbonyl (C=O) groups is 1. The number of carbonyl (C=O) groups excluding carboxylic acids is 1. The quantitative estimate of drug-likeness (QED) is 0.737. The number of sulfonamides is 1. The summed E-state index contributed by atoms with van der Waals surface area (Å²) in [5.41, 5.74) is 1.65. The summed E-state index contributed by atoms with van der Waals surface area (Å²) in [4.78, 5) is 12.6. The van der Waals surface area contributed by atoms with Crippen LogP contribution in [0.1, 0.15) is 10.4 Å². The van der Waals surface area contributed by atoms with Crippen molar-refractivity contribution in [1.29, 1.82) is 0 Å². The number of halogens is 2. The van der Waals surface area contributed by atoms with Crippen LogP contribution < -0.4 is 10.3 Å². The predicted molar refractivity (Wildman–Crippen MR) is 72.3 cm³/mol. The molecule has 0 aliphatic rings. The van der Waals surface area contributed by atoms with E-state index in [4.69, 9.17) is 0 Å². The number of hydrogen-bond donors (Lipinski definition) is 3. The Bertz CT molecular complexity index is 825. The predicted octanol–water partition coefficient (Wildman–Crippen LogP) is 1.29. The number of amides is 1. The monoisotopic (exact) mass is 328 g/mol. The van der Waals surface area contributed by atoms with E-state index in [0.29, 0.717) is 6.07 Å². The second-order valence-corrected chi connectivity index (χ2v) is 5.80. The minimum atomic E-state index is -4.43. The largest absolute Gasteiger partial charge is 0.507 e. The van der Waals surface area contributed by atoms with E-state index in [2.05, 4.69) is 0 Å². The van der Waals surface area contributed by atoms with Gasteiger partial charge in [0.15, 0.2) is 0 Å². The number of nitrogens with one attached hydrogen (secondary N) is 2. The molecule has 0 unspecified atom stereocenters. The molecule has 0 spiro atoms. The number of para-hydroxylation sites is 1. The van der Waals surface area contributed by atoms with Crippen LogP contribution in [0.3, 0.4) is 0 Å². The molecule has 0 saturated heterocycles. The van der Waals surface area contributed by atoms with Gasteiger partial charge in [0.05, 0.1) is 5.56 Å². The van der Waals surface area contributed by atoms with Crippen molar-refractivity contribution in [2.24, 2.45) is 0 Å². The number of rotatable bonds is 4. The molecule has 0 heterocycles. The van der Waals surface area contributed by atoms with Crippen molar-refractivity contribution in [1.82, 2.24) is 10.3 Å². The first-order chi connectivity index (χ1) is 10.3. The number of benzene rings is 2. The van der Waals surface area contributed by atoms with E-state index in [1.807, 2.05) is 5.43 Å². The third kappa shape index (κ3) is 3.38. The average molecular weight is 328 g/mol. The van der Waals surface area contributed by atoms with Gasteiger partial charge in [0, 0.05) is 6.07 Å². The van der Waals surface area contributed by atoms with Gasteiger partial charge in [0.25, 0.3) is 15.9 Å². The van der Waals surface area contributed by atoms with Gasteiger partial charge in [-0.2, -0.15) is 0 Å². The standard InChI is InChI=1S/C13H10F2N2O4S/c14-8-5-6-12(10(15)7-8)22(20,21)17-16-13(19)9-3-1-2-4-11(9)18/h1-7,17-18H,(H,16,19). The summed E-state index contributed by atoms with van der Waals surface area (Å²) in [5, 5.41) is 9.46. The molecule has 1 amide bonds. The number of hydrogen-bond acceptors (Lipinski definition) is 4. The van der Waals surface area contributed by atoms with Crippen LogP contribution in [0.2, 0.25) is 0 Å². The SMILES string of the molecule is O=C(NNS(=O)(=O)c1ccc(F)cc1F)c1ccccc1O. The van der Waals surface area contributed by atoms with Gasteiger partial charge < -0.3 is 5.11 Å². The van der Waals surface area contributed by atoms with Crippen molar-refractivity contribution in [3.8, 4) is 5.75 Å². The maximum atomic E-state index is 13.4. The fraction of sp³-hybridized carbons (Fsp3) is 0. The van der Waals surface area contributed by atoms with E-state index >= 15 is 0 Å². The highest BCUT2D eigenvalue weighted by atomic mass is 32.2. The first-order valence-corrected chi connectivity index (χ1v) is 7.35. The van der Waals surface area contributed by atoms with E-state index < -0.39 is 32.5 Å². The third-order valence-corrected chi connectivity index (χ3v) is 3.91. The molecule has 0 atom stereocenters. The van der Waals surface area contributed by atoms with Gasteiger partial charge in [-0.15, -0.1) is 4.83 Å². The zero-order valence-electron chi connectivity index (χ0n) is 10.9. The highest BCUT2D eigenvalue weighted by molar-refractivity contribution is 7.89. The summed E-state index contributed by atoms with van der Waals surface area (Å²) >= 11 is 0. The van der Waals surface area contributed by atoms with Gasteiger partial charge in [0.2, 0.25) is 0 Å². The molecule has 9 heteroatoms. The molecule has 0 aliphatic heterocycles. The molecule has 0 saturated carbocycles. The Labute approximate surface area is 124 Å². The smallest absolute Gasteiger partial charge is 0.269 e. The number of hydrazine groups is 1. The van der Waals surface area contributed by atoms with Crippen molar-refractivity contribution >= 4 is 15.9 Å². The molecule has 0 aliphatic carbocycles. The molecule has 3 N–H and O–H groups in total. The lowest BCUT2D eigenvalue weighted by Gasteiger charge is -2.09. The van der Waals surface area contributed by atoms with Gasteiger partial charge >= 0.3 is 0 Å². The van der Waals surface area contributed by atoms with Gasteiger partial charge in [-0.3, -0.25) is 10.2 Å². The van der Waals surface area contributed by atoms with Crippen LogP contribution in [0.5, 0.6) is 5.75 Å². The summed E-state index contributed by atoms with van der Waals surface area (Å²) in [6.07, 6.45) is 0. The van der Waals surface area contributed by atoms with Crippen LogP contribution in [0.4, 0.5) is 8.78 Å². The molecular formula is C13H10F2N2O4S. The van der Waals surface area contributed by atoms with Crippen LogP contribution in [-0.4, -0.2) is 19.4 Å². The Morgan fingerprint density at radius 1 is 1.09 bits per heavy atom. The summed E-state index contributed by atoms with van der Waals surface area (Å²) in [5.74, 6) is -3.53. The minimum Gasteiger partial charge on any atom is -0.507 e. The molecule has 22 heavy (non-hydrogen) atoms. The molecule has 0 fully saturated rings. The van der Waals surface area contributed by atoms with E-state index in [1.165, 1.54) is 24.3 Å². The normalized spacial score (nSPS) is 11.2. The summed E-state index contributed by atoms with van der Waals surface area (Å²) in [6.45, 7) is 0. The van der Waals surface area contributed by atoms with Crippen LogP contribution in [0, 0.1) is 11.6 Å². The van der Waals surface area contributed by atoms with Gasteiger partial charge in [-0.25, -0.2) is 17.2 Å². The molecule has 2 aromatic carbocycles. The molecule has 0 bridgehead atoms. The Hall–Kier alpha value is -2.52. The van der Waals surface area contributed by atoms with Crippen molar-refractivity contribution in [3.63, 3.8) is 0 Å². The summed E-state index contributed by atoms with van der Waals surface area (Å²) < 4.78 is 49.9. The van der Waals surface area contributed by atoms with Crippen LogP contribution in [-0.2, 0) is 10.0 Å². The Morgan fingerprint density at radius 2 is 1.77 bits per heavy atom. The van der Waals surface area contributed by atoms with Crippen molar-refractivity contribution < 1.29 is 27.1 Å². The first kappa shape index (κ1) is 15.9. The van der Waals surface area contributed by atoms with Gasteiger partial charge in [-0.1, -0.05) is 12.1 Å². The third-order valence-electron chi connectivity index (χ3n) is 2.63. The maximum absolute atomic E-state index is 13.4. The summed E-state index contributed by atoms with van der Waals surface area (Å²) in [6, 6.07) is 7.33. The molecular weight excluding hydrogens is 318 g/mol. The molecule has 6 nitrogen and oxygen atoms in total. The van der Waals surface area contributed by atoms with Crippen molar-refractivity contribution in [2.75, 3.05) is 0 Å². The first-order valence-electron chi connectivity index (χ1n) is 5.86. The topological polar surface area (TPSA) is 95.5 Å². The van der Waals surface area contributed by atoms with Crippen LogP contribution >= 0.6 is 0 Å². The molecule has 0 aromatic heterocycles. The Balaban J connectivity index is 2.17. The van der Waals surface area contributed by atoms with Crippen LogP contribution in [0.25, 0.3) is 0 Å². The fourth-order valence-corrected chi connectivity index (χ4v) is 2.49. The Morgan fingerprint density at radius 3 is 2.41 bits per heavy atom. The highest BCUT2D eigenvalue weighted by Gasteiger charge is 2.21. The maximum Gasteiger partial charge on any atom is 0.269 e. The fourth-order valence-electron chi connectivity index (χ4n) is 1.59. The van der Waals surface area contributed by atoms with Gasteiger partial charge in [0.1, 0.15) is 22.3 Å². The average Bonchev–Trinajstić information content (AvgIpc) is 2.45. The highest BCUT2D eigenvalue weighted by Crippen LogP contribution is 2.16. The van der Waals surface area contributed by atoms with E-state index in [0.717, 1.165) is 12.1 Å². The molecule has 0 radical (unpaired) electrons. The van der Waals surface area contributed by atoms with E-state index in [1.54, 1.807) is 4.83 Å². The number of aromatic hydroxyl groups is 1. The molecule has 2 rings (SSSR count). The van der Waals surface area contributed by atoms with Crippen molar-refractivity contribution in [3.05, 3.63) is 59.7 Å². The summed E-state index contributed by atoms with van der Waals surface area (Å²) in [7, 11) is -4.43. The number of phenols is 1. The lowest BCUT2D eigenvalue weighted by molar-refractivity contribution is 0.0942.